The Hall–Kier alpha value is -3.75. The summed E-state index contributed by atoms with van der Waals surface area (Å²) >= 11 is 0. The predicted molar refractivity (Wildman–Crippen MR) is 104 cm³/mol. The Bertz CT molecular complexity index is 1310. The number of hydrogen-bond acceptors (Lipinski definition) is 3. The van der Waals surface area contributed by atoms with Gasteiger partial charge in [0.05, 0.1) is 36.1 Å². The molecule has 0 unspecified atom stereocenters. The number of alkyl halides is 2. The summed E-state index contributed by atoms with van der Waals surface area (Å²) in [6, 6.07) is 10.1. The normalized spacial score (nSPS) is 13.5. The molecule has 0 saturated heterocycles. The van der Waals surface area contributed by atoms with Crippen LogP contribution in [-0.2, 0) is 13.1 Å². The average Bonchev–Trinajstić information content (AvgIpc) is 3.32. The Balaban J connectivity index is 1.50. The zero-order valence-corrected chi connectivity index (χ0v) is 15.9. The molecular formula is C22H14F4N4O. The fourth-order valence-electron chi connectivity index (χ4n) is 3.89. The molecule has 2 aromatic heterocycles. The van der Waals surface area contributed by atoms with E-state index in [-0.39, 0.29) is 35.6 Å². The fraction of sp³-hybridized carbons (Fsp3) is 0.136. The Morgan fingerprint density at radius 3 is 2.48 bits per heavy atom. The van der Waals surface area contributed by atoms with Crippen LogP contribution in [0.15, 0.2) is 54.9 Å². The van der Waals surface area contributed by atoms with E-state index in [2.05, 4.69) is 10.1 Å². The highest BCUT2D eigenvalue weighted by Gasteiger charge is 2.29. The van der Waals surface area contributed by atoms with Crippen molar-refractivity contribution >= 4 is 16.8 Å². The van der Waals surface area contributed by atoms with Gasteiger partial charge in [0.2, 0.25) is 0 Å². The second-order valence-corrected chi connectivity index (χ2v) is 7.18. The first kappa shape index (κ1) is 19.2. The number of aromatic nitrogens is 3. The van der Waals surface area contributed by atoms with Gasteiger partial charge < -0.3 is 4.90 Å². The van der Waals surface area contributed by atoms with Gasteiger partial charge in [-0.2, -0.15) is 13.9 Å². The number of carbonyl (C=O) groups is 1. The van der Waals surface area contributed by atoms with Crippen molar-refractivity contribution in [2.45, 2.75) is 19.6 Å². The lowest BCUT2D eigenvalue weighted by molar-refractivity contribution is 0.0615. The quantitative estimate of drug-likeness (QED) is 0.435. The van der Waals surface area contributed by atoms with Crippen molar-refractivity contribution in [3.8, 4) is 11.1 Å². The lowest BCUT2D eigenvalue weighted by Crippen LogP contribution is -2.24. The molecule has 5 nitrogen and oxygen atoms in total. The Labute approximate surface area is 173 Å². The van der Waals surface area contributed by atoms with Crippen LogP contribution in [0.2, 0.25) is 0 Å². The highest BCUT2D eigenvalue weighted by Crippen LogP contribution is 2.33. The molecule has 0 saturated carbocycles. The number of benzene rings is 2. The van der Waals surface area contributed by atoms with Gasteiger partial charge in [-0.15, -0.1) is 0 Å². The van der Waals surface area contributed by atoms with Gasteiger partial charge in [0, 0.05) is 17.1 Å². The first-order valence-electron chi connectivity index (χ1n) is 9.40. The molecule has 0 fully saturated rings. The third-order valence-electron chi connectivity index (χ3n) is 5.38. The van der Waals surface area contributed by atoms with Gasteiger partial charge in [-0.25, -0.2) is 13.5 Å². The number of hydrogen-bond donors (Lipinski definition) is 0. The second kappa shape index (κ2) is 7.19. The number of fused-ring (bicyclic) bond motifs is 2. The first-order valence-corrected chi connectivity index (χ1v) is 9.40. The summed E-state index contributed by atoms with van der Waals surface area (Å²) in [4.78, 5) is 17.9. The minimum Gasteiger partial charge on any atom is -0.328 e. The Kier molecular flexibility index (Phi) is 4.46. The van der Waals surface area contributed by atoms with Gasteiger partial charge in [-0.05, 0) is 41.5 Å². The second-order valence-electron chi connectivity index (χ2n) is 7.18. The molecule has 0 bridgehead atoms. The van der Waals surface area contributed by atoms with Crippen molar-refractivity contribution in [2.24, 2.45) is 0 Å². The molecule has 0 spiro atoms. The van der Waals surface area contributed by atoms with E-state index in [1.54, 1.807) is 24.4 Å². The van der Waals surface area contributed by atoms with Gasteiger partial charge >= 0.3 is 6.55 Å². The van der Waals surface area contributed by atoms with Crippen molar-refractivity contribution in [3.63, 3.8) is 0 Å². The van der Waals surface area contributed by atoms with Crippen LogP contribution in [0.4, 0.5) is 17.6 Å². The van der Waals surface area contributed by atoms with Crippen molar-refractivity contribution in [2.75, 3.05) is 0 Å². The summed E-state index contributed by atoms with van der Waals surface area (Å²) < 4.78 is 56.6. The van der Waals surface area contributed by atoms with E-state index < -0.39 is 18.2 Å². The molecule has 1 aliphatic heterocycles. The molecule has 0 N–H and O–H groups in total. The first-order chi connectivity index (χ1) is 14.9. The molecule has 0 atom stereocenters. The maximum absolute atomic E-state index is 14.9. The number of pyridine rings is 1. The molecule has 0 radical (unpaired) electrons. The molecule has 4 aromatic rings. The fourth-order valence-corrected chi connectivity index (χ4v) is 3.89. The van der Waals surface area contributed by atoms with Crippen LogP contribution < -0.4 is 0 Å². The van der Waals surface area contributed by atoms with Crippen LogP contribution in [0.1, 0.15) is 28.2 Å². The highest BCUT2D eigenvalue weighted by molar-refractivity contribution is 5.97. The van der Waals surface area contributed by atoms with E-state index in [9.17, 15) is 22.4 Å². The Morgan fingerprint density at radius 1 is 1.03 bits per heavy atom. The molecule has 5 rings (SSSR count). The van der Waals surface area contributed by atoms with Gasteiger partial charge in [-0.1, -0.05) is 12.1 Å². The van der Waals surface area contributed by atoms with Crippen molar-refractivity contribution in [1.29, 1.82) is 0 Å². The summed E-state index contributed by atoms with van der Waals surface area (Å²) in [7, 11) is 0. The Morgan fingerprint density at radius 2 is 1.77 bits per heavy atom. The maximum Gasteiger partial charge on any atom is 0.333 e. The number of halogens is 4. The molecule has 3 heterocycles. The molecule has 1 aliphatic rings. The highest BCUT2D eigenvalue weighted by atomic mass is 19.3. The summed E-state index contributed by atoms with van der Waals surface area (Å²) in [5, 5.41) is 4.02. The van der Waals surface area contributed by atoms with Crippen molar-refractivity contribution < 1.29 is 22.4 Å². The lowest BCUT2D eigenvalue weighted by Gasteiger charge is -2.17. The van der Waals surface area contributed by atoms with Crippen molar-refractivity contribution in [3.05, 3.63) is 83.3 Å². The largest absolute Gasteiger partial charge is 0.333 e. The monoisotopic (exact) mass is 426 g/mol. The third-order valence-corrected chi connectivity index (χ3v) is 5.38. The van der Waals surface area contributed by atoms with Gasteiger partial charge in [0.15, 0.2) is 0 Å². The maximum atomic E-state index is 14.9. The van der Waals surface area contributed by atoms with E-state index >= 15 is 0 Å². The summed E-state index contributed by atoms with van der Waals surface area (Å²) in [6.07, 6.45) is 2.80. The molecule has 156 valence electrons. The molecule has 9 heteroatoms. The minimum absolute atomic E-state index is 0.158. The average molecular weight is 426 g/mol. The number of nitrogens with zero attached hydrogens (tertiary/aromatic N) is 4. The van der Waals surface area contributed by atoms with Crippen LogP contribution in [0.25, 0.3) is 22.0 Å². The lowest BCUT2D eigenvalue weighted by atomic mass is 9.99. The van der Waals surface area contributed by atoms with Crippen LogP contribution in [-0.4, -0.2) is 25.6 Å². The third kappa shape index (κ3) is 3.13. The van der Waals surface area contributed by atoms with Crippen LogP contribution in [0.3, 0.4) is 0 Å². The van der Waals surface area contributed by atoms with Gasteiger partial charge in [0.1, 0.15) is 11.6 Å². The van der Waals surface area contributed by atoms with E-state index in [1.807, 2.05) is 0 Å². The van der Waals surface area contributed by atoms with E-state index in [4.69, 9.17) is 0 Å². The molecule has 1 amide bonds. The number of rotatable bonds is 4. The molecule has 31 heavy (non-hydrogen) atoms. The zero-order chi connectivity index (χ0) is 21.7. The summed E-state index contributed by atoms with van der Waals surface area (Å²) in [5.41, 5.74) is 1.46. The SMILES string of the molecule is O=C1c2cccnc2CN1Cc1c(F)cc(-c2cccc3c2cnn3C(F)F)cc1F. The van der Waals surface area contributed by atoms with Gasteiger partial charge in [0.25, 0.3) is 5.91 Å². The van der Waals surface area contributed by atoms with Crippen molar-refractivity contribution in [1.82, 2.24) is 19.7 Å². The molecule has 0 aliphatic carbocycles. The smallest absolute Gasteiger partial charge is 0.328 e. The predicted octanol–water partition coefficient (Wildman–Crippen LogP) is 4.93. The number of amides is 1. The van der Waals surface area contributed by atoms with Crippen LogP contribution in [0, 0.1) is 11.6 Å². The molecule has 2 aromatic carbocycles. The van der Waals surface area contributed by atoms with E-state index in [0.29, 0.717) is 26.9 Å². The van der Waals surface area contributed by atoms with Gasteiger partial charge in [-0.3, -0.25) is 9.78 Å². The topological polar surface area (TPSA) is 51.0 Å². The number of carbonyl (C=O) groups excluding carboxylic acids is 1. The standard InChI is InChI=1S/C22H14F4N4O/c23-17-7-12(13-3-1-5-20-15(13)9-28-30(20)22(25)26)8-18(24)16(17)10-29-11-19-14(21(29)31)4-2-6-27-19/h1-9,22H,10-11H2. The summed E-state index contributed by atoms with van der Waals surface area (Å²) in [6.45, 7) is -2.91. The summed E-state index contributed by atoms with van der Waals surface area (Å²) in [5.74, 6) is -2.00. The zero-order valence-electron chi connectivity index (χ0n) is 15.9. The molecular weight excluding hydrogens is 412 g/mol. The van der Waals surface area contributed by atoms with E-state index in [0.717, 1.165) is 12.1 Å². The van der Waals surface area contributed by atoms with Crippen LogP contribution in [0.5, 0.6) is 0 Å². The van der Waals surface area contributed by atoms with Crippen LogP contribution >= 0.6 is 0 Å². The van der Waals surface area contributed by atoms with E-state index in [1.165, 1.54) is 23.2 Å². The minimum atomic E-state index is -2.83.